The van der Waals surface area contributed by atoms with E-state index in [1.807, 2.05) is 6.07 Å². The molecule has 0 atom stereocenters. The molecule has 0 saturated heterocycles. The van der Waals surface area contributed by atoms with Crippen molar-refractivity contribution in [3.8, 4) is 5.75 Å². The summed E-state index contributed by atoms with van der Waals surface area (Å²) in [5.41, 5.74) is 1.63. The number of methoxy groups -OCH3 is 1. The van der Waals surface area contributed by atoms with Crippen LogP contribution in [0.3, 0.4) is 0 Å². The van der Waals surface area contributed by atoms with Crippen molar-refractivity contribution in [2.45, 2.75) is 50.6 Å². The summed E-state index contributed by atoms with van der Waals surface area (Å²) in [5, 5.41) is 3.95. The maximum atomic E-state index is 5.59. The lowest BCUT2D eigenvalue weighted by atomic mass is 9.53. The van der Waals surface area contributed by atoms with Gasteiger partial charge in [-0.25, -0.2) is 0 Å². The van der Waals surface area contributed by atoms with Gasteiger partial charge in [0, 0.05) is 22.1 Å². The Kier molecular flexibility index (Phi) is 4.07. The van der Waals surface area contributed by atoms with Gasteiger partial charge in [-0.05, 0) is 84.3 Å². The van der Waals surface area contributed by atoms with Crippen LogP contribution in [0.25, 0.3) is 0 Å². The van der Waals surface area contributed by atoms with Gasteiger partial charge in [0.2, 0.25) is 0 Å². The van der Waals surface area contributed by atoms with Gasteiger partial charge in [-0.2, -0.15) is 0 Å². The Bertz CT molecular complexity index is 551. The molecule has 4 aliphatic rings. The highest BCUT2D eigenvalue weighted by Crippen LogP contribution is 2.55. The third kappa shape index (κ3) is 2.76. The van der Waals surface area contributed by atoms with Crippen molar-refractivity contribution in [2.75, 3.05) is 7.11 Å². The fourth-order valence-electron chi connectivity index (χ4n) is 5.58. The van der Waals surface area contributed by atoms with Crippen molar-refractivity contribution in [1.29, 1.82) is 0 Å². The van der Waals surface area contributed by atoms with E-state index >= 15 is 0 Å². The van der Waals surface area contributed by atoms with E-state index in [9.17, 15) is 0 Å². The predicted molar refractivity (Wildman–Crippen MR) is 96.1 cm³/mol. The zero-order valence-corrected chi connectivity index (χ0v) is 16.2. The molecule has 2 nitrogen and oxygen atoms in total. The third-order valence-electron chi connectivity index (χ3n) is 5.98. The van der Waals surface area contributed by atoms with Gasteiger partial charge in [0.05, 0.1) is 11.6 Å². The monoisotopic (exact) mass is 427 g/mol. The van der Waals surface area contributed by atoms with Gasteiger partial charge >= 0.3 is 0 Å². The summed E-state index contributed by atoms with van der Waals surface area (Å²) in [6, 6.07) is 4.23. The van der Waals surface area contributed by atoms with Gasteiger partial charge in [-0.15, -0.1) is 0 Å². The molecule has 4 heteroatoms. The van der Waals surface area contributed by atoms with Crippen LogP contribution < -0.4 is 10.1 Å². The number of benzene rings is 1. The lowest BCUT2D eigenvalue weighted by Crippen LogP contribution is -2.58. The predicted octanol–water partition coefficient (Wildman–Crippen LogP) is 5.28. The first-order valence-corrected chi connectivity index (χ1v) is 9.92. The first-order chi connectivity index (χ1) is 10.6. The molecule has 5 rings (SSSR count). The maximum Gasteiger partial charge on any atom is 0.137 e. The molecule has 4 aliphatic carbocycles. The van der Waals surface area contributed by atoms with Crippen LogP contribution in [-0.4, -0.2) is 12.6 Å². The summed E-state index contributed by atoms with van der Waals surface area (Å²) in [5.74, 6) is 3.90. The van der Waals surface area contributed by atoms with Crippen LogP contribution in [0.5, 0.6) is 5.75 Å². The van der Waals surface area contributed by atoms with Crippen LogP contribution >= 0.6 is 31.9 Å². The largest absolute Gasteiger partial charge is 0.495 e. The highest BCUT2D eigenvalue weighted by atomic mass is 79.9. The molecule has 4 saturated carbocycles. The van der Waals surface area contributed by atoms with Crippen LogP contribution in [0, 0.1) is 17.8 Å². The van der Waals surface area contributed by atoms with Gasteiger partial charge in [-0.1, -0.05) is 15.9 Å². The molecule has 120 valence electrons. The molecule has 0 spiro atoms. The number of ether oxygens (including phenoxy) is 1. The molecular formula is C18H23Br2NO. The number of hydrogen-bond donors (Lipinski definition) is 1. The Balaban J connectivity index is 1.53. The third-order valence-corrected chi connectivity index (χ3v) is 7.03. The first-order valence-electron chi connectivity index (χ1n) is 8.34. The average Bonchev–Trinajstić information content (AvgIpc) is 2.43. The molecular weight excluding hydrogens is 406 g/mol. The molecule has 0 aliphatic heterocycles. The molecule has 1 aromatic carbocycles. The van der Waals surface area contributed by atoms with E-state index in [1.165, 1.54) is 44.1 Å². The zero-order valence-electron chi connectivity index (χ0n) is 13.0. The van der Waals surface area contributed by atoms with Crippen molar-refractivity contribution < 1.29 is 4.74 Å². The summed E-state index contributed by atoms with van der Waals surface area (Å²) in [6.07, 6.45) is 8.63. The van der Waals surface area contributed by atoms with Crippen LogP contribution in [0.2, 0.25) is 0 Å². The Morgan fingerprint density at radius 3 is 2.23 bits per heavy atom. The van der Waals surface area contributed by atoms with Crippen molar-refractivity contribution >= 4 is 31.9 Å². The zero-order chi connectivity index (χ0) is 15.3. The van der Waals surface area contributed by atoms with E-state index in [4.69, 9.17) is 4.74 Å². The molecule has 4 fully saturated rings. The summed E-state index contributed by atoms with van der Waals surface area (Å²) >= 11 is 7.21. The summed E-state index contributed by atoms with van der Waals surface area (Å²) in [6.45, 7) is 0.896. The van der Waals surface area contributed by atoms with Crippen molar-refractivity contribution in [2.24, 2.45) is 17.8 Å². The fraction of sp³-hybridized carbons (Fsp3) is 0.667. The molecule has 22 heavy (non-hydrogen) atoms. The van der Waals surface area contributed by atoms with Crippen LogP contribution in [-0.2, 0) is 6.54 Å². The topological polar surface area (TPSA) is 21.3 Å². The minimum atomic E-state index is 0.397. The molecule has 0 aromatic heterocycles. The van der Waals surface area contributed by atoms with Crippen LogP contribution in [0.4, 0.5) is 0 Å². The Morgan fingerprint density at radius 2 is 1.68 bits per heavy atom. The molecule has 1 aromatic rings. The Hall–Kier alpha value is -0.0600. The standard InChI is InChI=1S/C18H23Br2NO/c1-22-17-14(5-15(19)6-16(17)20)10-21-18-7-11-2-12(8-18)4-13(3-11)9-18/h5-6,11-13,21H,2-4,7-10H2,1H3. The van der Waals surface area contributed by atoms with Gasteiger partial charge in [0.25, 0.3) is 0 Å². The highest BCUT2D eigenvalue weighted by Gasteiger charge is 2.50. The van der Waals surface area contributed by atoms with E-state index in [0.29, 0.717) is 5.54 Å². The number of halogens is 2. The normalized spacial score (nSPS) is 35.9. The molecule has 0 heterocycles. The molecule has 1 N–H and O–H groups in total. The van der Waals surface area contributed by atoms with Crippen molar-refractivity contribution in [3.05, 3.63) is 26.6 Å². The molecule has 4 bridgehead atoms. The van der Waals surface area contributed by atoms with Gasteiger partial charge in [0.1, 0.15) is 5.75 Å². The quantitative estimate of drug-likeness (QED) is 0.704. The average molecular weight is 429 g/mol. The smallest absolute Gasteiger partial charge is 0.137 e. The fourth-order valence-corrected chi connectivity index (χ4v) is 7.06. The van der Waals surface area contributed by atoms with E-state index in [-0.39, 0.29) is 0 Å². The summed E-state index contributed by atoms with van der Waals surface area (Å²) in [7, 11) is 1.75. The maximum absolute atomic E-state index is 5.59. The second kappa shape index (κ2) is 5.78. The van der Waals surface area contributed by atoms with Gasteiger partial charge < -0.3 is 10.1 Å². The van der Waals surface area contributed by atoms with Crippen molar-refractivity contribution in [3.63, 3.8) is 0 Å². The Labute approximate surface area is 149 Å². The Morgan fingerprint density at radius 1 is 1.09 bits per heavy atom. The van der Waals surface area contributed by atoms with E-state index in [1.54, 1.807) is 7.11 Å². The second-order valence-electron chi connectivity index (χ2n) is 7.63. The minimum absolute atomic E-state index is 0.397. The molecule has 0 radical (unpaired) electrons. The summed E-state index contributed by atoms with van der Waals surface area (Å²) in [4.78, 5) is 0. The van der Waals surface area contributed by atoms with E-state index in [2.05, 4.69) is 43.2 Å². The highest BCUT2D eigenvalue weighted by molar-refractivity contribution is 9.11. The number of nitrogens with one attached hydrogen (secondary N) is 1. The first kappa shape index (κ1) is 15.5. The lowest BCUT2D eigenvalue weighted by molar-refractivity contribution is -0.0206. The minimum Gasteiger partial charge on any atom is -0.495 e. The second-order valence-corrected chi connectivity index (χ2v) is 9.40. The lowest BCUT2D eigenvalue weighted by Gasteiger charge is -2.57. The van der Waals surface area contributed by atoms with E-state index in [0.717, 1.165) is 39.0 Å². The van der Waals surface area contributed by atoms with Gasteiger partial charge in [-0.3, -0.25) is 0 Å². The number of hydrogen-bond acceptors (Lipinski definition) is 2. The van der Waals surface area contributed by atoms with E-state index < -0.39 is 0 Å². The van der Waals surface area contributed by atoms with Crippen LogP contribution in [0.1, 0.15) is 44.1 Å². The SMILES string of the molecule is COc1c(Br)cc(Br)cc1CNC12CC3CC(CC(C3)C1)C2. The summed E-state index contributed by atoms with van der Waals surface area (Å²) < 4.78 is 7.71. The molecule has 0 unspecified atom stereocenters. The number of rotatable bonds is 4. The van der Waals surface area contributed by atoms with Crippen LogP contribution in [0.15, 0.2) is 21.1 Å². The van der Waals surface area contributed by atoms with Gasteiger partial charge in [0.15, 0.2) is 0 Å². The van der Waals surface area contributed by atoms with Crippen molar-refractivity contribution in [1.82, 2.24) is 5.32 Å². The molecule has 0 amide bonds.